The lowest BCUT2D eigenvalue weighted by molar-refractivity contribution is -0.126. The Kier molecular flexibility index (Phi) is 7.04. The van der Waals surface area contributed by atoms with E-state index < -0.39 is 0 Å². The zero-order valence-electron chi connectivity index (χ0n) is 21.1. The molecular weight excluding hydrogens is 464 g/mol. The van der Waals surface area contributed by atoms with Crippen molar-refractivity contribution in [3.8, 4) is 23.5 Å². The highest BCUT2D eigenvalue weighted by atomic mass is 16.5. The summed E-state index contributed by atoms with van der Waals surface area (Å²) in [6.07, 6.45) is 8.03. The summed E-state index contributed by atoms with van der Waals surface area (Å²) in [7, 11) is 0. The summed E-state index contributed by atoms with van der Waals surface area (Å²) in [4.78, 5) is 30.0. The van der Waals surface area contributed by atoms with Gasteiger partial charge in [0, 0.05) is 43.0 Å². The van der Waals surface area contributed by atoms with Crippen molar-refractivity contribution < 1.29 is 9.53 Å². The molecule has 1 amide bonds. The number of ether oxygens (including phenoxy) is 1. The van der Waals surface area contributed by atoms with E-state index in [1.165, 1.54) is 6.33 Å². The maximum absolute atomic E-state index is 12.2. The van der Waals surface area contributed by atoms with Crippen LogP contribution in [0.4, 0.5) is 11.6 Å². The lowest BCUT2D eigenvalue weighted by Crippen LogP contribution is -2.50. The van der Waals surface area contributed by atoms with Crippen molar-refractivity contribution in [1.82, 2.24) is 19.9 Å². The van der Waals surface area contributed by atoms with Gasteiger partial charge in [-0.1, -0.05) is 30.2 Å². The fraction of sp³-hybridized carbons (Fsp3) is 0.310. The normalized spacial score (nSPS) is 17.7. The minimum absolute atomic E-state index is 0.104. The third-order valence-corrected chi connectivity index (χ3v) is 6.90. The summed E-state index contributed by atoms with van der Waals surface area (Å²) in [6, 6.07) is 13.9. The average Bonchev–Trinajstić information content (AvgIpc) is 3.07. The van der Waals surface area contributed by atoms with E-state index in [4.69, 9.17) is 15.5 Å². The SMILES string of the molecule is CC#CC(=O)N1CCC(N2c3ncnc(N)c3C(c3ccc(Oc4ccccc4)nc3)=CCC2C)CC1. The lowest BCUT2D eigenvalue weighted by Gasteiger charge is -2.41. The average molecular weight is 495 g/mol. The second kappa shape index (κ2) is 10.7. The molecule has 1 saturated heterocycles. The highest BCUT2D eigenvalue weighted by molar-refractivity contribution is 5.93. The minimum atomic E-state index is -0.104. The first-order valence-electron chi connectivity index (χ1n) is 12.6. The van der Waals surface area contributed by atoms with Crippen molar-refractivity contribution in [3.63, 3.8) is 0 Å². The van der Waals surface area contributed by atoms with E-state index in [0.717, 1.165) is 47.5 Å². The molecule has 0 spiro atoms. The Morgan fingerprint density at radius 2 is 1.86 bits per heavy atom. The van der Waals surface area contributed by atoms with Gasteiger partial charge in [-0.3, -0.25) is 4.79 Å². The number of carbonyl (C=O) groups is 1. The van der Waals surface area contributed by atoms with Gasteiger partial charge in [0.15, 0.2) is 0 Å². The van der Waals surface area contributed by atoms with Gasteiger partial charge < -0.3 is 20.3 Å². The molecule has 1 atom stereocenters. The van der Waals surface area contributed by atoms with Crippen LogP contribution in [0.25, 0.3) is 5.57 Å². The maximum Gasteiger partial charge on any atom is 0.298 e. The Bertz CT molecular complexity index is 1350. The molecule has 5 rings (SSSR count). The largest absolute Gasteiger partial charge is 0.439 e. The van der Waals surface area contributed by atoms with Crippen LogP contribution in [0.15, 0.2) is 61.1 Å². The van der Waals surface area contributed by atoms with E-state index in [0.29, 0.717) is 24.8 Å². The van der Waals surface area contributed by atoms with Gasteiger partial charge in [-0.05, 0) is 62.8 Å². The number of fused-ring (bicyclic) bond motifs is 1. The van der Waals surface area contributed by atoms with Crippen molar-refractivity contribution >= 4 is 23.1 Å². The molecule has 8 nitrogen and oxygen atoms in total. The number of pyridine rings is 1. The van der Waals surface area contributed by atoms with Gasteiger partial charge in [-0.25, -0.2) is 15.0 Å². The Hall–Kier alpha value is -4.38. The van der Waals surface area contributed by atoms with Crippen LogP contribution in [0.5, 0.6) is 11.6 Å². The molecule has 2 aliphatic heterocycles. The van der Waals surface area contributed by atoms with E-state index in [1.54, 1.807) is 13.1 Å². The van der Waals surface area contributed by atoms with E-state index in [-0.39, 0.29) is 18.0 Å². The smallest absolute Gasteiger partial charge is 0.298 e. The first kappa shape index (κ1) is 24.3. The van der Waals surface area contributed by atoms with Gasteiger partial charge in [-0.15, -0.1) is 0 Å². The summed E-state index contributed by atoms with van der Waals surface area (Å²) in [6.45, 7) is 5.24. The molecule has 0 bridgehead atoms. The Morgan fingerprint density at radius 3 is 2.57 bits per heavy atom. The van der Waals surface area contributed by atoms with Crippen LogP contribution >= 0.6 is 0 Å². The second-order valence-electron chi connectivity index (χ2n) is 9.27. The van der Waals surface area contributed by atoms with Gasteiger partial charge >= 0.3 is 0 Å². The summed E-state index contributed by atoms with van der Waals surface area (Å²) < 4.78 is 5.87. The number of nitrogen functional groups attached to an aromatic ring is 1. The molecule has 188 valence electrons. The molecule has 0 aliphatic carbocycles. The quantitative estimate of drug-likeness (QED) is 0.541. The molecule has 1 aromatic carbocycles. The predicted molar refractivity (Wildman–Crippen MR) is 144 cm³/mol. The van der Waals surface area contributed by atoms with Crippen LogP contribution in [-0.4, -0.2) is 50.9 Å². The number of rotatable bonds is 4. The fourth-order valence-electron chi connectivity index (χ4n) is 5.09. The molecule has 3 aromatic rings. The number of hydrogen-bond donors (Lipinski definition) is 1. The van der Waals surface area contributed by atoms with E-state index >= 15 is 0 Å². The zero-order chi connectivity index (χ0) is 25.8. The van der Waals surface area contributed by atoms with Crippen LogP contribution in [-0.2, 0) is 4.79 Å². The number of nitrogens with zero attached hydrogens (tertiary/aromatic N) is 5. The number of carbonyl (C=O) groups excluding carboxylic acids is 1. The number of para-hydroxylation sites is 1. The number of nitrogens with two attached hydrogens (primary N) is 1. The molecule has 1 fully saturated rings. The molecule has 4 heterocycles. The topological polar surface area (TPSA) is 97.5 Å². The van der Waals surface area contributed by atoms with Gasteiger partial charge in [0.25, 0.3) is 5.91 Å². The van der Waals surface area contributed by atoms with E-state index in [9.17, 15) is 4.79 Å². The molecule has 2 aromatic heterocycles. The number of likely N-dealkylation sites (tertiary alicyclic amines) is 1. The Balaban J connectivity index is 1.42. The summed E-state index contributed by atoms with van der Waals surface area (Å²) in [5.41, 5.74) is 9.18. The van der Waals surface area contributed by atoms with Gasteiger partial charge in [0.1, 0.15) is 23.7 Å². The molecule has 2 N–H and O–H groups in total. The number of benzene rings is 1. The Labute approximate surface area is 217 Å². The number of aromatic nitrogens is 3. The number of anilines is 2. The van der Waals surface area contributed by atoms with Crippen LogP contribution in [0.1, 0.15) is 44.2 Å². The van der Waals surface area contributed by atoms with Crippen molar-refractivity contribution in [1.29, 1.82) is 0 Å². The van der Waals surface area contributed by atoms with Crippen LogP contribution < -0.4 is 15.4 Å². The van der Waals surface area contributed by atoms with E-state index in [1.807, 2.05) is 47.4 Å². The van der Waals surface area contributed by atoms with Crippen LogP contribution in [0, 0.1) is 11.8 Å². The van der Waals surface area contributed by atoms with Crippen molar-refractivity contribution in [2.24, 2.45) is 0 Å². The minimum Gasteiger partial charge on any atom is -0.439 e. The summed E-state index contributed by atoms with van der Waals surface area (Å²) in [5.74, 6) is 7.77. The highest BCUT2D eigenvalue weighted by Crippen LogP contribution is 2.40. The first-order valence-corrected chi connectivity index (χ1v) is 12.6. The molecular formula is C29H30N6O2. The summed E-state index contributed by atoms with van der Waals surface area (Å²) >= 11 is 0. The van der Waals surface area contributed by atoms with Crippen LogP contribution in [0.2, 0.25) is 0 Å². The molecule has 1 unspecified atom stereocenters. The third kappa shape index (κ3) is 5.12. The highest BCUT2D eigenvalue weighted by Gasteiger charge is 2.34. The third-order valence-electron chi connectivity index (χ3n) is 6.90. The van der Waals surface area contributed by atoms with Gasteiger partial charge in [-0.2, -0.15) is 0 Å². The number of piperidine rings is 1. The van der Waals surface area contributed by atoms with Crippen molar-refractivity contribution in [3.05, 3.63) is 72.2 Å². The van der Waals surface area contributed by atoms with Crippen molar-refractivity contribution in [2.75, 3.05) is 23.7 Å². The van der Waals surface area contributed by atoms with Gasteiger partial charge in [0.05, 0.1) is 5.56 Å². The van der Waals surface area contributed by atoms with Gasteiger partial charge in [0.2, 0.25) is 5.88 Å². The monoisotopic (exact) mass is 494 g/mol. The molecule has 0 radical (unpaired) electrons. The standard InChI is InChI=1S/C29H30N6O2/c1-3-7-26(36)34-16-14-22(15-17-34)35-20(2)10-12-24(27-28(30)32-19-33-29(27)35)21-11-13-25(31-18-21)37-23-8-5-4-6-9-23/h4-6,8-9,11-13,18-20,22H,10,14-17H2,1-2H3,(H2,30,32,33). The number of amides is 1. The van der Waals surface area contributed by atoms with Crippen LogP contribution in [0.3, 0.4) is 0 Å². The fourth-order valence-corrected chi connectivity index (χ4v) is 5.09. The summed E-state index contributed by atoms with van der Waals surface area (Å²) in [5, 5.41) is 0. The zero-order valence-corrected chi connectivity index (χ0v) is 21.1. The molecule has 2 aliphatic rings. The van der Waals surface area contributed by atoms with Crippen molar-refractivity contribution in [2.45, 2.75) is 45.2 Å². The maximum atomic E-state index is 12.2. The first-order chi connectivity index (χ1) is 18.0. The molecule has 8 heteroatoms. The lowest BCUT2D eigenvalue weighted by atomic mass is 9.98. The predicted octanol–water partition coefficient (Wildman–Crippen LogP) is 4.29. The van der Waals surface area contributed by atoms with E-state index in [2.05, 4.69) is 39.7 Å². The number of hydrogen-bond acceptors (Lipinski definition) is 7. The Morgan fingerprint density at radius 1 is 1.08 bits per heavy atom. The molecule has 37 heavy (non-hydrogen) atoms. The second-order valence-corrected chi connectivity index (χ2v) is 9.27. The molecule has 0 saturated carbocycles.